The molecule has 0 unspecified atom stereocenters. The lowest BCUT2D eigenvalue weighted by Crippen LogP contribution is -2.43. The summed E-state index contributed by atoms with van der Waals surface area (Å²) in [7, 11) is -3.86. The normalized spacial score (nSPS) is 14.6. The first kappa shape index (κ1) is 22.3. The van der Waals surface area contributed by atoms with Crippen molar-refractivity contribution in [3.05, 3.63) is 59.1 Å². The van der Waals surface area contributed by atoms with Gasteiger partial charge in [-0.05, 0) is 55.3 Å². The maximum absolute atomic E-state index is 13.0. The maximum atomic E-state index is 13.0. The number of rotatable bonds is 7. The number of benzene rings is 2. The van der Waals surface area contributed by atoms with Crippen LogP contribution in [-0.2, 0) is 19.6 Å². The number of aryl methyl sites for hydroxylation is 1. The van der Waals surface area contributed by atoms with Crippen molar-refractivity contribution in [3.8, 4) is 0 Å². The van der Waals surface area contributed by atoms with Gasteiger partial charge in [0, 0.05) is 17.3 Å². The molecule has 0 aromatic heterocycles. The Kier molecular flexibility index (Phi) is 6.80. The van der Waals surface area contributed by atoms with Gasteiger partial charge in [-0.25, -0.2) is 8.42 Å². The molecule has 1 heterocycles. The summed E-state index contributed by atoms with van der Waals surface area (Å²) in [5, 5.41) is 0.430. The van der Waals surface area contributed by atoms with Gasteiger partial charge in [-0.15, -0.1) is 0 Å². The highest BCUT2D eigenvalue weighted by Gasteiger charge is 2.34. The SMILES string of the molecule is CCCN(CC(=O)N1CC(=O)N(c2cccc(C)c2)C1)S(=O)(=O)c1ccc(Cl)cc1. The summed E-state index contributed by atoms with van der Waals surface area (Å²) in [5.41, 5.74) is 1.72. The van der Waals surface area contributed by atoms with Gasteiger partial charge >= 0.3 is 0 Å². The summed E-state index contributed by atoms with van der Waals surface area (Å²) in [6, 6.07) is 13.3. The van der Waals surface area contributed by atoms with E-state index in [9.17, 15) is 18.0 Å². The molecular weight excluding hydrogens is 426 g/mol. The van der Waals surface area contributed by atoms with Crippen LogP contribution >= 0.6 is 11.6 Å². The van der Waals surface area contributed by atoms with Crippen LogP contribution in [0.2, 0.25) is 5.02 Å². The molecule has 2 amide bonds. The Hall–Kier alpha value is -2.42. The van der Waals surface area contributed by atoms with Gasteiger partial charge in [0.15, 0.2) is 0 Å². The van der Waals surface area contributed by atoms with Gasteiger partial charge in [0.25, 0.3) is 0 Å². The Morgan fingerprint density at radius 1 is 1.17 bits per heavy atom. The number of nitrogens with zero attached hydrogens (tertiary/aromatic N) is 3. The van der Waals surface area contributed by atoms with Crippen LogP contribution in [0.1, 0.15) is 18.9 Å². The third-order valence-electron chi connectivity index (χ3n) is 4.84. The molecule has 0 saturated carbocycles. The lowest BCUT2D eigenvalue weighted by Gasteiger charge is -2.24. The fraction of sp³-hybridized carbons (Fsp3) is 0.333. The molecule has 160 valence electrons. The van der Waals surface area contributed by atoms with Crippen molar-refractivity contribution in [3.63, 3.8) is 0 Å². The number of halogens is 1. The monoisotopic (exact) mass is 449 g/mol. The lowest BCUT2D eigenvalue weighted by atomic mass is 10.2. The molecule has 0 N–H and O–H groups in total. The van der Waals surface area contributed by atoms with E-state index in [-0.39, 0.29) is 37.1 Å². The van der Waals surface area contributed by atoms with E-state index in [2.05, 4.69) is 0 Å². The van der Waals surface area contributed by atoms with Crippen molar-refractivity contribution >= 4 is 39.1 Å². The maximum Gasteiger partial charge on any atom is 0.248 e. The van der Waals surface area contributed by atoms with Gasteiger partial charge in [-0.3, -0.25) is 14.5 Å². The van der Waals surface area contributed by atoms with E-state index in [1.807, 2.05) is 38.1 Å². The number of carbonyl (C=O) groups is 2. The summed E-state index contributed by atoms with van der Waals surface area (Å²) in [4.78, 5) is 28.3. The fourth-order valence-corrected chi connectivity index (χ4v) is 4.88. The van der Waals surface area contributed by atoms with Crippen LogP contribution in [0.15, 0.2) is 53.4 Å². The van der Waals surface area contributed by atoms with Gasteiger partial charge in [-0.1, -0.05) is 30.7 Å². The van der Waals surface area contributed by atoms with E-state index in [1.54, 1.807) is 0 Å². The molecular formula is C21H24ClN3O4S. The smallest absolute Gasteiger partial charge is 0.248 e. The van der Waals surface area contributed by atoms with Crippen molar-refractivity contribution in [2.45, 2.75) is 25.2 Å². The van der Waals surface area contributed by atoms with Gasteiger partial charge in [0.05, 0.1) is 11.4 Å². The molecule has 0 radical (unpaired) electrons. The molecule has 2 aromatic rings. The van der Waals surface area contributed by atoms with E-state index in [1.165, 1.54) is 34.1 Å². The largest absolute Gasteiger partial charge is 0.314 e. The van der Waals surface area contributed by atoms with E-state index in [0.717, 1.165) is 15.6 Å². The number of anilines is 1. The quantitative estimate of drug-likeness (QED) is 0.651. The molecule has 0 aliphatic carbocycles. The average Bonchev–Trinajstić information content (AvgIpc) is 3.10. The predicted octanol–water partition coefficient (Wildman–Crippen LogP) is 2.88. The first-order valence-electron chi connectivity index (χ1n) is 9.63. The molecule has 7 nitrogen and oxygen atoms in total. The van der Waals surface area contributed by atoms with Crippen molar-refractivity contribution in [2.75, 3.05) is 31.2 Å². The summed E-state index contributed by atoms with van der Waals surface area (Å²) in [6.07, 6.45) is 0.550. The van der Waals surface area contributed by atoms with Gasteiger partial charge in [0.1, 0.15) is 13.2 Å². The second-order valence-corrected chi connectivity index (χ2v) is 9.56. The van der Waals surface area contributed by atoms with Gasteiger partial charge < -0.3 is 4.90 Å². The van der Waals surface area contributed by atoms with E-state index < -0.39 is 15.9 Å². The molecule has 0 bridgehead atoms. The highest BCUT2D eigenvalue weighted by molar-refractivity contribution is 7.89. The third-order valence-corrected chi connectivity index (χ3v) is 6.95. The van der Waals surface area contributed by atoms with Crippen LogP contribution in [0.3, 0.4) is 0 Å². The highest BCUT2D eigenvalue weighted by Crippen LogP contribution is 2.22. The Morgan fingerprint density at radius 3 is 2.50 bits per heavy atom. The molecule has 1 fully saturated rings. The van der Waals surface area contributed by atoms with Crippen LogP contribution in [0.25, 0.3) is 0 Å². The number of amides is 2. The minimum atomic E-state index is -3.86. The third kappa shape index (κ3) is 4.83. The fourth-order valence-electron chi connectivity index (χ4n) is 3.28. The van der Waals surface area contributed by atoms with E-state index in [4.69, 9.17) is 11.6 Å². The summed E-state index contributed by atoms with van der Waals surface area (Å²) < 4.78 is 27.2. The standard InChI is InChI=1S/C21H24ClN3O4S/c1-3-11-24(30(28,29)19-9-7-17(22)8-10-19)14-20(26)23-13-21(27)25(15-23)18-6-4-5-16(2)12-18/h4-10,12H,3,11,13-15H2,1-2H3. The van der Waals surface area contributed by atoms with Crippen LogP contribution in [0.4, 0.5) is 5.69 Å². The molecule has 1 aliphatic heterocycles. The Labute approximate surface area is 181 Å². The minimum absolute atomic E-state index is 0.0757. The number of hydrogen-bond acceptors (Lipinski definition) is 4. The van der Waals surface area contributed by atoms with Crippen molar-refractivity contribution in [1.29, 1.82) is 0 Å². The van der Waals surface area contributed by atoms with Crippen molar-refractivity contribution < 1.29 is 18.0 Å². The number of carbonyl (C=O) groups excluding carboxylic acids is 2. The van der Waals surface area contributed by atoms with Crippen LogP contribution in [0.5, 0.6) is 0 Å². The second kappa shape index (κ2) is 9.16. The zero-order valence-corrected chi connectivity index (χ0v) is 18.5. The molecule has 1 saturated heterocycles. The summed E-state index contributed by atoms with van der Waals surface area (Å²) in [6.45, 7) is 3.66. The predicted molar refractivity (Wildman–Crippen MR) is 116 cm³/mol. The minimum Gasteiger partial charge on any atom is -0.314 e. The summed E-state index contributed by atoms with van der Waals surface area (Å²) in [5.74, 6) is -0.610. The van der Waals surface area contributed by atoms with Crippen molar-refractivity contribution in [2.24, 2.45) is 0 Å². The number of sulfonamides is 1. The Balaban J connectivity index is 1.75. The topological polar surface area (TPSA) is 78.0 Å². The van der Waals surface area contributed by atoms with Crippen molar-refractivity contribution in [1.82, 2.24) is 9.21 Å². The van der Waals surface area contributed by atoms with E-state index >= 15 is 0 Å². The second-order valence-electron chi connectivity index (χ2n) is 7.19. The van der Waals surface area contributed by atoms with Gasteiger partial charge in [-0.2, -0.15) is 4.31 Å². The Morgan fingerprint density at radius 2 is 1.87 bits per heavy atom. The number of hydrogen-bond donors (Lipinski definition) is 0. The van der Waals surface area contributed by atoms with Crippen LogP contribution < -0.4 is 4.90 Å². The average molecular weight is 450 g/mol. The molecule has 0 spiro atoms. The lowest BCUT2D eigenvalue weighted by molar-refractivity contribution is -0.131. The Bertz CT molecular complexity index is 1040. The molecule has 3 rings (SSSR count). The zero-order valence-electron chi connectivity index (χ0n) is 16.9. The molecule has 0 atom stereocenters. The summed E-state index contributed by atoms with van der Waals surface area (Å²) >= 11 is 5.85. The zero-order chi connectivity index (χ0) is 21.9. The molecule has 1 aliphatic rings. The first-order chi connectivity index (χ1) is 14.2. The highest BCUT2D eigenvalue weighted by atomic mass is 35.5. The first-order valence-corrected chi connectivity index (χ1v) is 11.4. The molecule has 9 heteroatoms. The molecule has 30 heavy (non-hydrogen) atoms. The van der Waals surface area contributed by atoms with Gasteiger partial charge in [0.2, 0.25) is 21.8 Å². The van der Waals surface area contributed by atoms with Crippen LogP contribution in [-0.4, -0.2) is 55.7 Å². The van der Waals surface area contributed by atoms with Crippen LogP contribution in [0, 0.1) is 6.92 Å². The molecule has 2 aromatic carbocycles. The van der Waals surface area contributed by atoms with E-state index in [0.29, 0.717) is 11.4 Å².